The van der Waals surface area contributed by atoms with Crippen LogP contribution in [0.4, 0.5) is 4.79 Å². The fraction of sp³-hybridized carbons (Fsp3) is 0.250. The molecule has 0 bridgehead atoms. The van der Waals surface area contributed by atoms with Crippen LogP contribution in [-0.4, -0.2) is 21.8 Å². The molecule has 1 aliphatic rings. The van der Waals surface area contributed by atoms with E-state index in [2.05, 4.69) is 7.05 Å². The van der Waals surface area contributed by atoms with E-state index >= 15 is 0 Å². The van der Waals surface area contributed by atoms with Gasteiger partial charge in [-0.25, -0.2) is 0 Å². The molecule has 4 heteroatoms. The number of carbonyl (C=O) groups is 2. The summed E-state index contributed by atoms with van der Waals surface area (Å²) in [5, 5.41) is -0.255. The summed E-state index contributed by atoms with van der Waals surface area (Å²) < 4.78 is 0. The number of carbonyl (C=O) groups excluding carboxylic acids is 2. The molecule has 1 radical (unpaired) electrons. The number of amides is 2. The Morgan fingerprint density at radius 2 is 2.25 bits per heavy atom. The van der Waals surface area contributed by atoms with E-state index in [1.807, 2.05) is 0 Å². The first-order valence-corrected chi connectivity index (χ1v) is 3.00. The molecule has 43 valence electrons. The van der Waals surface area contributed by atoms with Crippen LogP contribution in [0.25, 0.3) is 0 Å². The first-order valence-electron chi connectivity index (χ1n) is 2.02. The van der Waals surface area contributed by atoms with E-state index in [4.69, 9.17) is 0 Å². The molecule has 8 heavy (non-hydrogen) atoms. The van der Waals surface area contributed by atoms with Crippen LogP contribution in [0.3, 0.4) is 0 Å². The third kappa shape index (κ3) is 0.709. The van der Waals surface area contributed by atoms with Gasteiger partial charge in [-0.15, -0.1) is 0 Å². The van der Waals surface area contributed by atoms with E-state index in [1.54, 1.807) is 0 Å². The standard InChI is InChI=1S/C4H4NO2S/c1-5-3(6)2-8-4(5)7/h1-2H2. The quantitative estimate of drug-likeness (QED) is 0.478. The maximum Gasteiger partial charge on any atom is 0.288 e. The average Bonchev–Trinajstić information content (AvgIpc) is 1.98. The maximum absolute atomic E-state index is 10.4. The van der Waals surface area contributed by atoms with Gasteiger partial charge < -0.3 is 0 Å². The van der Waals surface area contributed by atoms with Crippen LogP contribution >= 0.6 is 11.8 Å². The molecule has 1 aliphatic heterocycles. The van der Waals surface area contributed by atoms with E-state index in [-0.39, 0.29) is 16.9 Å². The molecule has 0 spiro atoms. The normalized spacial score (nSPS) is 20.4. The number of thioether (sulfide) groups is 1. The summed E-state index contributed by atoms with van der Waals surface area (Å²) in [6.45, 7) is 0. The van der Waals surface area contributed by atoms with Crippen molar-refractivity contribution in [1.82, 2.24) is 4.90 Å². The van der Waals surface area contributed by atoms with Gasteiger partial charge in [-0.1, -0.05) is 11.8 Å². The summed E-state index contributed by atoms with van der Waals surface area (Å²) >= 11 is 0.988. The first kappa shape index (κ1) is 5.62. The Hall–Kier alpha value is -0.510. The molecule has 0 aromatic carbocycles. The second kappa shape index (κ2) is 1.78. The van der Waals surface area contributed by atoms with Gasteiger partial charge in [0.2, 0.25) is 5.91 Å². The van der Waals surface area contributed by atoms with E-state index in [1.165, 1.54) is 0 Å². The summed E-state index contributed by atoms with van der Waals surface area (Å²) in [6.07, 6.45) is 0. The summed E-state index contributed by atoms with van der Waals surface area (Å²) in [7, 11) is 3.21. The highest BCUT2D eigenvalue weighted by Gasteiger charge is 2.25. The Balaban J connectivity index is 2.70. The summed E-state index contributed by atoms with van der Waals surface area (Å²) in [4.78, 5) is 21.7. The Morgan fingerprint density at radius 3 is 2.38 bits per heavy atom. The Morgan fingerprint density at radius 1 is 1.62 bits per heavy atom. The molecule has 0 saturated carbocycles. The molecule has 3 nitrogen and oxygen atoms in total. The molecule has 1 saturated heterocycles. The lowest BCUT2D eigenvalue weighted by Crippen LogP contribution is -2.20. The first-order chi connectivity index (χ1) is 3.72. The van der Waals surface area contributed by atoms with Crippen molar-refractivity contribution in [3.8, 4) is 0 Å². The lowest BCUT2D eigenvalue weighted by molar-refractivity contribution is -0.122. The number of imide groups is 1. The maximum atomic E-state index is 10.4. The van der Waals surface area contributed by atoms with Gasteiger partial charge >= 0.3 is 0 Å². The molecule has 2 amide bonds. The van der Waals surface area contributed by atoms with Gasteiger partial charge in [0.25, 0.3) is 5.24 Å². The highest BCUT2D eigenvalue weighted by molar-refractivity contribution is 8.14. The molecule has 1 rings (SSSR count). The molecule has 1 fully saturated rings. The minimum atomic E-state index is -0.255. The number of hydrogen-bond acceptors (Lipinski definition) is 3. The fourth-order valence-electron chi connectivity index (χ4n) is 0.381. The zero-order chi connectivity index (χ0) is 6.15. The van der Waals surface area contributed by atoms with Crippen LogP contribution in [0.2, 0.25) is 0 Å². The van der Waals surface area contributed by atoms with Gasteiger partial charge in [0.1, 0.15) is 0 Å². The van der Waals surface area contributed by atoms with Gasteiger partial charge in [0.15, 0.2) is 0 Å². The van der Waals surface area contributed by atoms with Crippen molar-refractivity contribution in [3.63, 3.8) is 0 Å². The zero-order valence-electron chi connectivity index (χ0n) is 4.09. The van der Waals surface area contributed by atoms with E-state index in [0.717, 1.165) is 16.7 Å². The Labute approximate surface area is 51.0 Å². The number of nitrogens with zero attached hydrogens (tertiary/aromatic N) is 1. The van der Waals surface area contributed by atoms with Crippen molar-refractivity contribution < 1.29 is 9.59 Å². The summed E-state index contributed by atoms with van der Waals surface area (Å²) in [5.74, 6) is 0.0440. The summed E-state index contributed by atoms with van der Waals surface area (Å²) in [6, 6.07) is 0. The average molecular weight is 130 g/mol. The van der Waals surface area contributed by atoms with E-state index in [9.17, 15) is 9.59 Å². The third-order valence-corrected chi connectivity index (χ3v) is 1.70. The van der Waals surface area contributed by atoms with Crippen molar-refractivity contribution >= 4 is 22.9 Å². The molecule has 0 atom stereocenters. The minimum absolute atomic E-state index is 0.208. The van der Waals surface area contributed by atoms with Gasteiger partial charge in [-0.2, -0.15) is 0 Å². The van der Waals surface area contributed by atoms with Gasteiger partial charge in [0.05, 0.1) is 5.75 Å². The molecule has 0 aromatic heterocycles. The smallest absolute Gasteiger partial charge is 0.273 e. The number of hydrogen-bond donors (Lipinski definition) is 0. The van der Waals surface area contributed by atoms with Gasteiger partial charge in [-0.3, -0.25) is 14.5 Å². The highest BCUT2D eigenvalue weighted by atomic mass is 32.2. The van der Waals surface area contributed by atoms with Crippen LogP contribution in [0.5, 0.6) is 0 Å². The van der Waals surface area contributed by atoms with Crippen molar-refractivity contribution in [2.45, 2.75) is 0 Å². The minimum Gasteiger partial charge on any atom is -0.273 e. The highest BCUT2D eigenvalue weighted by Crippen LogP contribution is 2.16. The van der Waals surface area contributed by atoms with Crippen LogP contribution in [0, 0.1) is 7.05 Å². The Bertz CT molecular complexity index is 129. The van der Waals surface area contributed by atoms with Crippen LogP contribution in [-0.2, 0) is 4.79 Å². The molecule has 0 aliphatic carbocycles. The van der Waals surface area contributed by atoms with Crippen LogP contribution < -0.4 is 0 Å². The van der Waals surface area contributed by atoms with E-state index in [0.29, 0.717) is 0 Å². The lowest BCUT2D eigenvalue weighted by atomic mass is 10.6. The topological polar surface area (TPSA) is 37.4 Å². The second-order valence-corrected chi connectivity index (χ2v) is 2.30. The van der Waals surface area contributed by atoms with Crippen molar-refractivity contribution in [1.29, 1.82) is 0 Å². The van der Waals surface area contributed by atoms with E-state index < -0.39 is 0 Å². The molecule has 0 aromatic rings. The third-order valence-electron chi connectivity index (χ3n) is 0.841. The van der Waals surface area contributed by atoms with Gasteiger partial charge in [-0.05, 0) is 0 Å². The Kier molecular flexibility index (Phi) is 1.25. The number of rotatable bonds is 0. The zero-order valence-corrected chi connectivity index (χ0v) is 4.90. The lowest BCUT2D eigenvalue weighted by Gasteiger charge is -1.99. The molecule has 0 N–H and O–H groups in total. The van der Waals surface area contributed by atoms with Crippen molar-refractivity contribution in [3.05, 3.63) is 7.05 Å². The SMILES string of the molecule is [CH2]N1C(=O)CSC1=O. The van der Waals surface area contributed by atoms with Crippen LogP contribution in [0.1, 0.15) is 0 Å². The molecular weight excluding hydrogens is 126 g/mol. The van der Waals surface area contributed by atoms with Crippen molar-refractivity contribution in [2.75, 3.05) is 5.75 Å². The molecule has 0 unspecified atom stereocenters. The predicted molar refractivity (Wildman–Crippen MR) is 30.1 cm³/mol. The second-order valence-electron chi connectivity index (χ2n) is 1.38. The largest absolute Gasteiger partial charge is 0.288 e. The molecular formula is C4H4NO2S. The van der Waals surface area contributed by atoms with Crippen LogP contribution in [0.15, 0.2) is 0 Å². The van der Waals surface area contributed by atoms with Crippen molar-refractivity contribution in [2.24, 2.45) is 0 Å². The predicted octanol–water partition coefficient (Wildman–Crippen LogP) is 0.473. The van der Waals surface area contributed by atoms with Gasteiger partial charge in [0, 0.05) is 7.05 Å². The monoisotopic (exact) mass is 130 g/mol. The fourth-order valence-corrected chi connectivity index (χ4v) is 1.04. The molecule has 1 heterocycles. The summed E-state index contributed by atoms with van der Waals surface area (Å²) in [5.41, 5.74) is 0.